The van der Waals surface area contributed by atoms with Gasteiger partial charge in [0.25, 0.3) is 0 Å². The predicted octanol–water partition coefficient (Wildman–Crippen LogP) is 4.21. The van der Waals surface area contributed by atoms with Gasteiger partial charge in [0.2, 0.25) is 0 Å². The molecule has 182 valence electrons. The van der Waals surface area contributed by atoms with Crippen LogP contribution in [0.1, 0.15) is 76.7 Å². The summed E-state index contributed by atoms with van der Waals surface area (Å²) in [7, 11) is 0. The molecule has 0 aromatic heterocycles. The van der Waals surface area contributed by atoms with Crippen LogP contribution in [0, 0.1) is 0 Å². The molecule has 0 saturated carbocycles. The summed E-state index contributed by atoms with van der Waals surface area (Å²) in [4.78, 5) is 14.1. The minimum absolute atomic E-state index is 0.0108. The summed E-state index contributed by atoms with van der Waals surface area (Å²) in [6.07, 6.45) is 15.5. The second kappa shape index (κ2) is 25.2. The third kappa shape index (κ3) is 21.9. The van der Waals surface area contributed by atoms with Crippen LogP contribution in [-0.2, 0) is 20.9 Å². The lowest BCUT2D eigenvalue weighted by atomic mass is 10.0. The maximum Gasteiger partial charge on any atom is 0.0967 e. The molecule has 0 bridgehead atoms. The summed E-state index contributed by atoms with van der Waals surface area (Å²) in [6.45, 7) is 1.78. The third-order valence-corrected chi connectivity index (χ3v) is 4.53. The molecule has 0 spiro atoms. The van der Waals surface area contributed by atoms with Crippen LogP contribution in [-0.4, -0.2) is 60.4 Å². The highest BCUT2D eigenvalue weighted by Crippen LogP contribution is 2.12. The van der Waals surface area contributed by atoms with E-state index in [1.54, 1.807) is 0 Å². The van der Waals surface area contributed by atoms with E-state index in [1.807, 2.05) is 0 Å². The van der Waals surface area contributed by atoms with Crippen LogP contribution in [0.2, 0.25) is 0 Å². The number of aryl methyl sites for hydroxylation is 1. The van der Waals surface area contributed by atoms with E-state index in [4.69, 9.17) is 29.8 Å². The van der Waals surface area contributed by atoms with Crippen molar-refractivity contribution in [2.24, 2.45) is 0 Å². The molecule has 0 unspecified atom stereocenters. The molecular formula is C24H45NO6. The fourth-order valence-electron chi connectivity index (χ4n) is 2.92. The molecular weight excluding hydrogens is 398 g/mol. The van der Waals surface area contributed by atoms with Gasteiger partial charge in [0.05, 0.1) is 45.0 Å². The third-order valence-electron chi connectivity index (χ3n) is 4.53. The standard InChI is InChI=1S/C18H30.C6H15NO6/c1-2-3-4-5-6-7-8-9-10-12-15-18-16-13-11-14-17-18;8-1-4-11-7(12-5-2-9)13-6-3-10/h11,13-14,16-17H,2-10,12,15H2,1H3;8-10H,1-6H2. The van der Waals surface area contributed by atoms with Crippen LogP contribution in [0.5, 0.6) is 0 Å². The topological polar surface area (TPSA) is 91.6 Å². The fourth-order valence-corrected chi connectivity index (χ4v) is 2.92. The van der Waals surface area contributed by atoms with Gasteiger partial charge >= 0.3 is 0 Å². The Morgan fingerprint density at radius 2 is 1.03 bits per heavy atom. The number of rotatable bonds is 20. The summed E-state index contributed by atoms with van der Waals surface area (Å²) >= 11 is 0. The van der Waals surface area contributed by atoms with Crippen molar-refractivity contribution in [1.82, 2.24) is 5.39 Å². The summed E-state index contributed by atoms with van der Waals surface area (Å²) in [5.41, 5.74) is 1.50. The second-order valence-electron chi connectivity index (χ2n) is 7.31. The molecule has 0 aliphatic heterocycles. The molecule has 1 rings (SSSR count). The van der Waals surface area contributed by atoms with Gasteiger partial charge in [-0.05, 0) is 18.4 Å². The van der Waals surface area contributed by atoms with Crippen molar-refractivity contribution >= 4 is 0 Å². The monoisotopic (exact) mass is 443 g/mol. The lowest BCUT2D eigenvalue weighted by Gasteiger charge is -2.17. The van der Waals surface area contributed by atoms with Crippen molar-refractivity contribution in [2.45, 2.75) is 77.6 Å². The van der Waals surface area contributed by atoms with Gasteiger partial charge in [-0.2, -0.15) is 0 Å². The molecule has 7 heteroatoms. The number of hydrogen-bond acceptors (Lipinski definition) is 7. The summed E-state index contributed by atoms with van der Waals surface area (Å²) in [5.74, 6) is 0. The van der Waals surface area contributed by atoms with E-state index in [-0.39, 0.29) is 39.6 Å². The van der Waals surface area contributed by atoms with Crippen molar-refractivity contribution in [1.29, 1.82) is 0 Å². The maximum absolute atomic E-state index is 8.40. The van der Waals surface area contributed by atoms with Crippen molar-refractivity contribution in [3.05, 3.63) is 35.9 Å². The average molecular weight is 444 g/mol. The van der Waals surface area contributed by atoms with Gasteiger partial charge in [-0.15, -0.1) is 0 Å². The Labute approximate surface area is 188 Å². The Morgan fingerprint density at radius 1 is 0.613 bits per heavy atom. The average Bonchev–Trinajstić information content (AvgIpc) is 2.81. The molecule has 0 heterocycles. The molecule has 0 aliphatic rings. The zero-order chi connectivity index (χ0) is 22.8. The first kappa shape index (κ1) is 29.9. The zero-order valence-corrected chi connectivity index (χ0v) is 19.4. The van der Waals surface area contributed by atoms with Crippen LogP contribution in [0.3, 0.4) is 0 Å². The molecule has 31 heavy (non-hydrogen) atoms. The number of nitrogens with zero attached hydrogens (tertiary/aromatic N) is 1. The molecule has 1 aromatic carbocycles. The van der Waals surface area contributed by atoms with E-state index in [0.29, 0.717) is 5.39 Å². The van der Waals surface area contributed by atoms with Gasteiger partial charge in [0.15, 0.2) is 0 Å². The molecule has 7 nitrogen and oxygen atoms in total. The normalized spacial score (nSPS) is 10.9. The number of hydrogen-bond donors (Lipinski definition) is 3. The highest BCUT2D eigenvalue weighted by molar-refractivity contribution is 5.14. The number of aliphatic hydroxyl groups excluding tert-OH is 3. The lowest BCUT2D eigenvalue weighted by molar-refractivity contribution is -0.527. The van der Waals surface area contributed by atoms with Gasteiger partial charge in [0.1, 0.15) is 0 Å². The number of aliphatic hydroxyl groups is 3. The largest absolute Gasteiger partial charge is 0.394 e. The summed E-state index contributed by atoms with van der Waals surface area (Å²) in [5, 5.41) is 25.9. The Hall–Kier alpha value is -1.06. The van der Waals surface area contributed by atoms with E-state index in [2.05, 4.69) is 37.3 Å². The van der Waals surface area contributed by atoms with Gasteiger partial charge in [0, 0.05) is 0 Å². The molecule has 0 atom stereocenters. The first-order valence-electron chi connectivity index (χ1n) is 11.8. The smallest absolute Gasteiger partial charge is 0.0967 e. The second-order valence-corrected chi connectivity index (χ2v) is 7.31. The first-order valence-corrected chi connectivity index (χ1v) is 11.8. The van der Waals surface area contributed by atoms with Crippen molar-refractivity contribution < 1.29 is 29.8 Å². The quantitative estimate of drug-likeness (QED) is 0.205. The minimum atomic E-state index is -0.179. The fraction of sp³-hybridized carbons (Fsp3) is 0.750. The lowest BCUT2D eigenvalue weighted by Crippen LogP contribution is -2.28. The molecule has 0 saturated heterocycles. The van der Waals surface area contributed by atoms with Crippen LogP contribution in [0.4, 0.5) is 0 Å². The van der Waals surface area contributed by atoms with Gasteiger partial charge < -0.3 is 15.3 Å². The Kier molecular flexibility index (Phi) is 24.3. The van der Waals surface area contributed by atoms with E-state index in [0.717, 1.165) is 0 Å². The van der Waals surface area contributed by atoms with Crippen LogP contribution in [0.15, 0.2) is 30.3 Å². The van der Waals surface area contributed by atoms with Crippen LogP contribution in [0.25, 0.3) is 0 Å². The van der Waals surface area contributed by atoms with Gasteiger partial charge in [-0.25, -0.2) is 14.5 Å². The van der Waals surface area contributed by atoms with E-state index < -0.39 is 0 Å². The Balaban J connectivity index is 0.000000615. The highest BCUT2D eigenvalue weighted by atomic mass is 17.2. The highest BCUT2D eigenvalue weighted by Gasteiger charge is 2.05. The molecule has 3 N–H and O–H groups in total. The van der Waals surface area contributed by atoms with Crippen molar-refractivity contribution in [3.63, 3.8) is 0 Å². The van der Waals surface area contributed by atoms with Crippen LogP contribution < -0.4 is 0 Å². The van der Waals surface area contributed by atoms with Crippen molar-refractivity contribution in [2.75, 3.05) is 39.6 Å². The number of unbranched alkanes of at least 4 members (excludes halogenated alkanes) is 9. The first-order chi connectivity index (χ1) is 15.3. The van der Waals surface area contributed by atoms with Crippen molar-refractivity contribution in [3.8, 4) is 0 Å². The van der Waals surface area contributed by atoms with Gasteiger partial charge in [-0.1, -0.05) is 95.0 Å². The predicted molar refractivity (Wildman–Crippen MR) is 123 cm³/mol. The molecule has 0 aliphatic carbocycles. The number of benzene rings is 1. The summed E-state index contributed by atoms with van der Waals surface area (Å²) < 4.78 is 0. The van der Waals surface area contributed by atoms with E-state index >= 15 is 0 Å². The maximum atomic E-state index is 8.40. The van der Waals surface area contributed by atoms with E-state index in [1.165, 1.54) is 76.2 Å². The minimum Gasteiger partial charge on any atom is -0.394 e. The zero-order valence-electron chi connectivity index (χ0n) is 19.4. The molecule has 0 radical (unpaired) electrons. The molecule has 0 amide bonds. The van der Waals surface area contributed by atoms with Crippen LogP contribution >= 0.6 is 0 Å². The molecule has 0 fully saturated rings. The SMILES string of the molecule is CCCCCCCCCCCCc1ccccc1.OCCON(OCCO)OCCO. The van der Waals surface area contributed by atoms with E-state index in [9.17, 15) is 0 Å². The Bertz CT molecular complexity index is 430. The molecule has 1 aromatic rings. The Morgan fingerprint density at radius 3 is 1.45 bits per heavy atom. The van der Waals surface area contributed by atoms with Gasteiger partial charge in [-0.3, -0.25) is 0 Å². The summed E-state index contributed by atoms with van der Waals surface area (Å²) in [6, 6.07) is 10.9.